The van der Waals surface area contributed by atoms with Crippen LogP contribution in [0.5, 0.6) is 0 Å². The molecule has 1 aliphatic carbocycles. The molecule has 0 aliphatic heterocycles. The van der Waals surface area contributed by atoms with Crippen molar-refractivity contribution < 1.29 is 4.79 Å². The molecule has 0 spiro atoms. The summed E-state index contributed by atoms with van der Waals surface area (Å²) < 4.78 is 1.71. The van der Waals surface area contributed by atoms with Crippen molar-refractivity contribution in [1.82, 2.24) is 20.3 Å². The van der Waals surface area contributed by atoms with Crippen molar-refractivity contribution in [2.45, 2.75) is 65.5 Å². The highest BCUT2D eigenvalue weighted by Crippen LogP contribution is 2.35. The molecule has 1 atom stereocenters. The molecule has 0 radical (unpaired) electrons. The number of hydrogen-bond acceptors (Lipinski definition) is 3. The zero-order valence-electron chi connectivity index (χ0n) is 12.3. The fourth-order valence-electron chi connectivity index (χ4n) is 2.71. The van der Waals surface area contributed by atoms with Crippen LogP contribution in [0.15, 0.2) is 6.20 Å². The normalized spacial score (nSPS) is 22.5. The summed E-state index contributed by atoms with van der Waals surface area (Å²) in [7, 11) is 0. The number of carbonyl (C=O) groups excluding carboxylic acids is 1. The highest BCUT2D eigenvalue weighted by molar-refractivity contribution is 5.92. The van der Waals surface area contributed by atoms with Gasteiger partial charge < -0.3 is 5.32 Å². The van der Waals surface area contributed by atoms with Crippen molar-refractivity contribution >= 4 is 5.91 Å². The molecular formula is C14H24N4O. The first kappa shape index (κ1) is 14.0. The molecular weight excluding hydrogens is 240 g/mol. The molecule has 5 nitrogen and oxygen atoms in total. The van der Waals surface area contributed by atoms with Crippen LogP contribution in [0.3, 0.4) is 0 Å². The Labute approximate surface area is 114 Å². The molecule has 1 amide bonds. The lowest BCUT2D eigenvalue weighted by molar-refractivity contribution is 0.0897. The maximum Gasteiger partial charge on any atom is 0.273 e. The number of rotatable bonds is 3. The molecule has 0 aromatic carbocycles. The van der Waals surface area contributed by atoms with Crippen LogP contribution in [-0.4, -0.2) is 26.9 Å². The van der Waals surface area contributed by atoms with Crippen LogP contribution in [0.25, 0.3) is 0 Å². The molecule has 2 rings (SSSR count). The number of carbonyl (C=O) groups is 1. The van der Waals surface area contributed by atoms with Gasteiger partial charge in [-0.05, 0) is 38.5 Å². The second-order valence-electron chi connectivity index (χ2n) is 6.61. The standard InChI is InChI=1S/C14H24N4O/c1-10(2)18-9-12(16-17-18)13(19)15-11-6-5-7-14(3,4)8-11/h9-11H,5-8H2,1-4H3,(H,15,19). The molecule has 1 N–H and O–H groups in total. The molecule has 106 valence electrons. The Morgan fingerprint density at radius 2 is 2.26 bits per heavy atom. The lowest BCUT2D eigenvalue weighted by Crippen LogP contribution is -2.40. The largest absolute Gasteiger partial charge is 0.348 e. The predicted octanol–water partition coefficient (Wildman–Crippen LogP) is 2.56. The molecule has 5 heteroatoms. The van der Waals surface area contributed by atoms with Crippen molar-refractivity contribution in [3.05, 3.63) is 11.9 Å². The first-order valence-corrected chi connectivity index (χ1v) is 7.10. The van der Waals surface area contributed by atoms with Gasteiger partial charge in [0.25, 0.3) is 5.91 Å². The molecule has 0 saturated heterocycles. The number of nitrogens with zero attached hydrogens (tertiary/aromatic N) is 3. The Balaban J connectivity index is 1.96. The van der Waals surface area contributed by atoms with E-state index in [4.69, 9.17) is 0 Å². The third kappa shape index (κ3) is 3.55. The van der Waals surface area contributed by atoms with E-state index >= 15 is 0 Å². The Kier molecular flexibility index (Phi) is 3.92. The summed E-state index contributed by atoms with van der Waals surface area (Å²) in [5, 5.41) is 11.0. The quantitative estimate of drug-likeness (QED) is 0.912. The van der Waals surface area contributed by atoms with Gasteiger partial charge >= 0.3 is 0 Å². The van der Waals surface area contributed by atoms with Crippen LogP contribution in [-0.2, 0) is 0 Å². The second-order valence-corrected chi connectivity index (χ2v) is 6.61. The Morgan fingerprint density at radius 3 is 2.84 bits per heavy atom. The molecule has 1 fully saturated rings. The van der Waals surface area contributed by atoms with Gasteiger partial charge in [0.1, 0.15) is 0 Å². The average molecular weight is 264 g/mol. The average Bonchev–Trinajstić information content (AvgIpc) is 2.76. The lowest BCUT2D eigenvalue weighted by atomic mass is 9.75. The first-order valence-electron chi connectivity index (χ1n) is 7.10. The van der Waals surface area contributed by atoms with E-state index in [2.05, 4.69) is 29.5 Å². The van der Waals surface area contributed by atoms with Gasteiger partial charge in [0.05, 0.1) is 6.20 Å². The van der Waals surface area contributed by atoms with E-state index in [1.54, 1.807) is 10.9 Å². The summed E-state index contributed by atoms with van der Waals surface area (Å²) in [4.78, 5) is 12.1. The van der Waals surface area contributed by atoms with E-state index in [0.717, 1.165) is 12.8 Å². The predicted molar refractivity (Wildman–Crippen MR) is 73.9 cm³/mol. The highest BCUT2D eigenvalue weighted by atomic mass is 16.2. The van der Waals surface area contributed by atoms with Crippen LogP contribution in [0.1, 0.15) is 69.9 Å². The van der Waals surface area contributed by atoms with Gasteiger partial charge in [0.2, 0.25) is 0 Å². The van der Waals surface area contributed by atoms with Gasteiger partial charge in [-0.3, -0.25) is 4.79 Å². The zero-order chi connectivity index (χ0) is 14.0. The third-order valence-electron chi connectivity index (χ3n) is 3.81. The van der Waals surface area contributed by atoms with Crippen LogP contribution in [0, 0.1) is 5.41 Å². The van der Waals surface area contributed by atoms with E-state index in [9.17, 15) is 4.79 Å². The maximum absolute atomic E-state index is 12.1. The Hall–Kier alpha value is -1.39. The number of hydrogen-bond donors (Lipinski definition) is 1. The van der Waals surface area contributed by atoms with E-state index < -0.39 is 0 Å². The van der Waals surface area contributed by atoms with Crippen LogP contribution >= 0.6 is 0 Å². The smallest absolute Gasteiger partial charge is 0.273 e. The second kappa shape index (κ2) is 5.31. The van der Waals surface area contributed by atoms with Crippen molar-refractivity contribution in [1.29, 1.82) is 0 Å². The molecule has 1 aromatic rings. The van der Waals surface area contributed by atoms with E-state index in [0.29, 0.717) is 11.1 Å². The highest BCUT2D eigenvalue weighted by Gasteiger charge is 2.29. The fourth-order valence-corrected chi connectivity index (χ4v) is 2.71. The van der Waals surface area contributed by atoms with Gasteiger partial charge in [-0.15, -0.1) is 5.10 Å². The third-order valence-corrected chi connectivity index (χ3v) is 3.81. The molecule has 1 saturated carbocycles. The SMILES string of the molecule is CC(C)n1cc(C(=O)NC2CCCC(C)(C)C2)nn1. The number of aromatic nitrogens is 3. The van der Waals surface area contributed by atoms with Gasteiger partial charge in [-0.1, -0.05) is 25.5 Å². The minimum atomic E-state index is -0.102. The molecule has 19 heavy (non-hydrogen) atoms. The summed E-state index contributed by atoms with van der Waals surface area (Å²) in [6, 6.07) is 0.489. The van der Waals surface area contributed by atoms with E-state index in [1.165, 1.54) is 12.8 Å². The van der Waals surface area contributed by atoms with Gasteiger partial charge in [-0.2, -0.15) is 0 Å². The summed E-state index contributed by atoms with van der Waals surface area (Å²) >= 11 is 0. The minimum absolute atomic E-state index is 0.102. The summed E-state index contributed by atoms with van der Waals surface area (Å²) in [6.07, 6.45) is 6.23. The summed E-state index contributed by atoms with van der Waals surface area (Å²) in [5.41, 5.74) is 0.739. The van der Waals surface area contributed by atoms with Crippen molar-refractivity contribution in [3.63, 3.8) is 0 Å². The monoisotopic (exact) mass is 264 g/mol. The molecule has 1 unspecified atom stereocenters. The lowest BCUT2D eigenvalue weighted by Gasteiger charge is -2.35. The topological polar surface area (TPSA) is 59.8 Å². The van der Waals surface area contributed by atoms with Crippen molar-refractivity contribution in [3.8, 4) is 0 Å². The summed E-state index contributed by atoms with van der Waals surface area (Å²) in [5.74, 6) is -0.102. The molecule has 1 heterocycles. The van der Waals surface area contributed by atoms with Crippen LogP contribution in [0.2, 0.25) is 0 Å². The van der Waals surface area contributed by atoms with Crippen LogP contribution in [0.4, 0.5) is 0 Å². The van der Waals surface area contributed by atoms with Gasteiger partial charge in [0.15, 0.2) is 5.69 Å². The Morgan fingerprint density at radius 1 is 1.53 bits per heavy atom. The molecule has 1 aromatic heterocycles. The van der Waals surface area contributed by atoms with E-state index in [-0.39, 0.29) is 18.0 Å². The number of amides is 1. The van der Waals surface area contributed by atoms with E-state index in [1.807, 2.05) is 13.8 Å². The molecule has 1 aliphatic rings. The van der Waals surface area contributed by atoms with Crippen molar-refractivity contribution in [2.75, 3.05) is 0 Å². The Bertz CT molecular complexity index is 450. The molecule has 0 bridgehead atoms. The van der Waals surface area contributed by atoms with Crippen LogP contribution < -0.4 is 5.32 Å². The fraction of sp³-hybridized carbons (Fsp3) is 0.786. The van der Waals surface area contributed by atoms with Crippen molar-refractivity contribution in [2.24, 2.45) is 5.41 Å². The van der Waals surface area contributed by atoms with Gasteiger partial charge in [-0.25, -0.2) is 4.68 Å². The van der Waals surface area contributed by atoms with Gasteiger partial charge in [0, 0.05) is 12.1 Å². The maximum atomic E-state index is 12.1. The first-order chi connectivity index (χ1) is 8.87. The zero-order valence-corrected chi connectivity index (χ0v) is 12.3. The summed E-state index contributed by atoms with van der Waals surface area (Å²) in [6.45, 7) is 8.56. The minimum Gasteiger partial charge on any atom is -0.348 e. The number of nitrogens with one attached hydrogen (secondary N) is 1.